The molecule has 1 aromatic heterocycles. The monoisotopic (exact) mass is 447 g/mol. The highest BCUT2D eigenvalue weighted by atomic mass is 79.9. The van der Waals surface area contributed by atoms with E-state index in [1.807, 2.05) is 66.7 Å². The van der Waals surface area contributed by atoms with Gasteiger partial charge in [-0.3, -0.25) is 0 Å². The van der Waals surface area contributed by atoms with Gasteiger partial charge in [-0.2, -0.15) is 0 Å². The molecule has 0 aliphatic rings. The molecule has 0 atom stereocenters. The highest BCUT2D eigenvalue weighted by Crippen LogP contribution is 2.34. The molecule has 0 aliphatic carbocycles. The second-order valence-electron chi connectivity index (χ2n) is 5.11. The Bertz CT molecular complexity index is 730. The molecule has 3 nitrogen and oxygen atoms in total. The molecule has 0 bridgehead atoms. The summed E-state index contributed by atoms with van der Waals surface area (Å²) in [4.78, 5) is 4.38. The molecule has 1 heterocycles. The third-order valence-electron chi connectivity index (χ3n) is 3.34. The molecule has 2 aromatic carbocycles. The highest BCUT2D eigenvalue weighted by molar-refractivity contribution is 9.11. The van der Waals surface area contributed by atoms with Crippen molar-refractivity contribution in [3.63, 3.8) is 0 Å². The van der Waals surface area contributed by atoms with Crippen molar-refractivity contribution >= 4 is 31.9 Å². The Morgan fingerprint density at radius 3 is 1.50 bits per heavy atom. The van der Waals surface area contributed by atoms with Gasteiger partial charge in [0.15, 0.2) is 11.5 Å². The molecule has 0 aliphatic heterocycles. The van der Waals surface area contributed by atoms with Crippen LogP contribution in [0.5, 0.6) is 11.5 Å². The number of nitrogens with zero attached hydrogens (tertiary/aromatic N) is 1. The van der Waals surface area contributed by atoms with Gasteiger partial charge in [0.2, 0.25) is 0 Å². The van der Waals surface area contributed by atoms with Crippen molar-refractivity contribution in [3.05, 3.63) is 87.1 Å². The zero-order chi connectivity index (χ0) is 16.8. The fourth-order valence-electron chi connectivity index (χ4n) is 2.11. The van der Waals surface area contributed by atoms with E-state index in [9.17, 15) is 0 Å². The molecule has 0 fully saturated rings. The smallest absolute Gasteiger partial charge is 0.156 e. The Balaban J connectivity index is 1.71. The van der Waals surface area contributed by atoms with Crippen molar-refractivity contribution in [1.82, 2.24) is 4.98 Å². The van der Waals surface area contributed by atoms with Crippen LogP contribution in [0.1, 0.15) is 11.1 Å². The number of hydrogen-bond donors (Lipinski definition) is 0. The van der Waals surface area contributed by atoms with E-state index in [0.717, 1.165) is 11.1 Å². The van der Waals surface area contributed by atoms with Gasteiger partial charge in [-0.25, -0.2) is 4.98 Å². The summed E-state index contributed by atoms with van der Waals surface area (Å²) in [6.07, 6.45) is 0. The summed E-state index contributed by atoms with van der Waals surface area (Å²) >= 11 is 6.86. The van der Waals surface area contributed by atoms with Crippen LogP contribution >= 0.6 is 31.9 Å². The van der Waals surface area contributed by atoms with E-state index in [1.54, 1.807) is 0 Å². The Hall–Kier alpha value is -1.85. The molecule has 122 valence electrons. The first-order valence-electron chi connectivity index (χ1n) is 7.42. The van der Waals surface area contributed by atoms with E-state index in [0.29, 0.717) is 33.9 Å². The Kier molecular flexibility index (Phi) is 5.88. The number of rotatable bonds is 6. The fourth-order valence-corrected chi connectivity index (χ4v) is 3.16. The molecular formula is C19H15Br2NO2. The predicted octanol–water partition coefficient (Wildman–Crippen LogP) is 5.76. The summed E-state index contributed by atoms with van der Waals surface area (Å²) in [5, 5.41) is 0. The SMILES string of the molecule is Brc1nc(Br)c(OCc2ccccc2)cc1OCc1ccccc1. The molecule has 0 unspecified atom stereocenters. The lowest BCUT2D eigenvalue weighted by atomic mass is 10.2. The van der Waals surface area contributed by atoms with Crippen molar-refractivity contribution in [2.75, 3.05) is 0 Å². The number of ether oxygens (including phenoxy) is 2. The first kappa shape index (κ1) is 17.0. The zero-order valence-corrected chi connectivity index (χ0v) is 16.0. The van der Waals surface area contributed by atoms with Crippen molar-refractivity contribution < 1.29 is 9.47 Å². The van der Waals surface area contributed by atoms with Gasteiger partial charge in [-0.05, 0) is 43.0 Å². The van der Waals surface area contributed by atoms with Crippen LogP contribution in [-0.4, -0.2) is 4.98 Å². The highest BCUT2D eigenvalue weighted by Gasteiger charge is 2.11. The summed E-state index contributed by atoms with van der Waals surface area (Å²) in [7, 11) is 0. The van der Waals surface area contributed by atoms with Crippen LogP contribution in [0.15, 0.2) is 75.9 Å². The van der Waals surface area contributed by atoms with E-state index in [1.165, 1.54) is 0 Å². The number of aromatic nitrogens is 1. The van der Waals surface area contributed by atoms with Gasteiger partial charge in [0, 0.05) is 6.07 Å². The van der Waals surface area contributed by atoms with Crippen LogP contribution < -0.4 is 9.47 Å². The third kappa shape index (κ3) is 4.58. The maximum absolute atomic E-state index is 5.86. The lowest BCUT2D eigenvalue weighted by Crippen LogP contribution is -2.00. The van der Waals surface area contributed by atoms with Gasteiger partial charge < -0.3 is 9.47 Å². The number of benzene rings is 2. The number of pyridine rings is 1. The molecule has 0 amide bonds. The van der Waals surface area contributed by atoms with Crippen LogP contribution in [0.3, 0.4) is 0 Å². The van der Waals surface area contributed by atoms with Crippen molar-refractivity contribution in [1.29, 1.82) is 0 Å². The van der Waals surface area contributed by atoms with Crippen LogP contribution in [-0.2, 0) is 13.2 Å². The van der Waals surface area contributed by atoms with Gasteiger partial charge in [-0.15, -0.1) is 0 Å². The lowest BCUT2D eigenvalue weighted by Gasteiger charge is -2.12. The minimum absolute atomic E-state index is 0.473. The van der Waals surface area contributed by atoms with Crippen molar-refractivity contribution in [2.45, 2.75) is 13.2 Å². The molecule has 0 radical (unpaired) electrons. The van der Waals surface area contributed by atoms with Gasteiger partial charge in [0.1, 0.15) is 22.4 Å². The van der Waals surface area contributed by atoms with Crippen molar-refractivity contribution in [3.8, 4) is 11.5 Å². The Morgan fingerprint density at radius 1 is 0.667 bits per heavy atom. The van der Waals surface area contributed by atoms with Gasteiger partial charge >= 0.3 is 0 Å². The molecular weight excluding hydrogens is 434 g/mol. The van der Waals surface area contributed by atoms with Crippen LogP contribution in [0.4, 0.5) is 0 Å². The minimum atomic E-state index is 0.473. The third-order valence-corrected chi connectivity index (χ3v) is 4.48. The summed E-state index contributed by atoms with van der Waals surface area (Å²) < 4.78 is 13.0. The molecule has 3 aromatic rings. The van der Waals surface area contributed by atoms with Crippen LogP contribution in [0.25, 0.3) is 0 Å². The van der Waals surface area contributed by atoms with E-state index in [2.05, 4.69) is 36.8 Å². The average Bonchev–Trinajstić information content (AvgIpc) is 2.62. The summed E-state index contributed by atoms with van der Waals surface area (Å²) in [6, 6.07) is 21.8. The second-order valence-corrected chi connectivity index (χ2v) is 6.62. The molecule has 24 heavy (non-hydrogen) atoms. The maximum Gasteiger partial charge on any atom is 0.156 e. The van der Waals surface area contributed by atoms with Crippen LogP contribution in [0, 0.1) is 0 Å². The van der Waals surface area contributed by atoms with Crippen LogP contribution in [0.2, 0.25) is 0 Å². The molecule has 0 saturated heterocycles. The normalized spacial score (nSPS) is 10.4. The van der Waals surface area contributed by atoms with E-state index in [-0.39, 0.29) is 0 Å². The zero-order valence-electron chi connectivity index (χ0n) is 12.8. The molecule has 5 heteroatoms. The summed E-state index contributed by atoms with van der Waals surface area (Å²) in [6.45, 7) is 0.946. The van der Waals surface area contributed by atoms with Gasteiger partial charge in [0.25, 0.3) is 0 Å². The largest absolute Gasteiger partial charge is 0.486 e. The topological polar surface area (TPSA) is 31.4 Å². The quantitative estimate of drug-likeness (QED) is 0.449. The predicted molar refractivity (Wildman–Crippen MR) is 101 cm³/mol. The molecule has 0 saturated carbocycles. The first-order chi connectivity index (χ1) is 11.7. The second kappa shape index (κ2) is 8.31. The van der Waals surface area contributed by atoms with E-state index >= 15 is 0 Å². The molecule has 0 spiro atoms. The minimum Gasteiger partial charge on any atom is -0.486 e. The average molecular weight is 449 g/mol. The number of hydrogen-bond acceptors (Lipinski definition) is 3. The first-order valence-corrected chi connectivity index (χ1v) is 9.00. The fraction of sp³-hybridized carbons (Fsp3) is 0.105. The Morgan fingerprint density at radius 2 is 1.08 bits per heavy atom. The Labute approximate surface area is 157 Å². The van der Waals surface area contributed by atoms with Crippen molar-refractivity contribution in [2.24, 2.45) is 0 Å². The van der Waals surface area contributed by atoms with Gasteiger partial charge in [-0.1, -0.05) is 60.7 Å². The van der Waals surface area contributed by atoms with Gasteiger partial charge in [0.05, 0.1) is 0 Å². The summed E-state index contributed by atoms with van der Waals surface area (Å²) in [5.74, 6) is 1.29. The lowest BCUT2D eigenvalue weighted by molar-refractivity contribution is 0.284. The number of halogens is 2. The summed E-state index contributed by atoms with van der Waals surface area (Å²) in [5.41, 5.74) is 2.19. The molecule has 0 N–H and O–H groups in total. The van der Waals surface area contributed by atoms with E-state index < -0.39 is 0 Å². The molecule has 3 rings (SSSR count). The van der Waals surface area contributed by atoms with E-state index in [4.69, 9.17) is 9.47 Å². The standard InChI is InChI=1S/C19H15Br2NO2/c20-18-16(23-12-14-7-3-1-4-8-14)11-17(19(21)22-18)24-13-15-9-5-2-6-10-15/h1-11H,12-13H2. The maximum atomic E-state index is 5.86.